The highest BCUT2D eigenvalue weighted by Gasteiger charge is 2.15. The van der Waals surface area contributed by atoms with Gasteiger partial charge in [0.1, 0.15) is 29.5 Å². The van der Waals surface area contributed by atoms with Crippen LogP contribution in [0.15, 0.2) is 48.7 Å². The van der Waals surface area contributed by atoms with E-state index in [1.54, 1.807) is 35.4 Å². The van der Waals surface area contributed by atoms with Gasteiger partial charge in [0.2, 0.25) is 0 Å². The normalized spacial score (nSPS) is 10.6. The first-order valence-corrected chi connectivity index (χ1v) is 13.3. The number of nitrogens with one attached hydrogen (secondary N) is 3. The van der Waals surface area contributed by atoms with Gasteiger partial charge < -0.3 is 30.3 Å². The summed E-state index contributed by atoms with van der Waals surface area (Å²) in [5, 5.41) is 9.30. The van der Waals surface area contributed by atoms with E-state index in [9.17, 15) is 9.59 Å². The van der Waals surface area contributed by atoms with Crippen LogP contribution < -0.4 is 25.4 Å². The first-order chi connectivity index (χ1) is 18.7. The Kier molecular flexibility index (Phi) is 11.0. The van der Waals surface area contributed by atoms with Gasteiger partial charge in [-0.25, -0.2) is 4.79 Å². The van der Waals surface area contributed by atoms with Gasteiger partial charge in [0.25, 0.3) is 5.91 Å². The Balaban J connectivity index is 1.62. The smallest absolute Gasteiger partial charge is 0.319 e. The second kappa shape index (κ2) is 14.4. The molecule has 0 aliphatic rings. The highest BCUT2D eigenvalue weighted by Crippen LogP contribution is 2.31. The van der Waals surface area contributed by atoms with E-state index in [-0.39, 0.29) is 11.9 Å². The quantitative estimate of drug-likeness (QED) is 0.254. The van der Waals surface area contributed by atoms with Gasteiger partial charge in [0.15, 0.2) is 0 Å². The van der Waals surface area contributed by atoms with E-state index in [1.807, 2.05) is 52.9 Å². The Morgan fingerprint density at radius 3 is 2.46 bits per heavy atom. The van der Waals surface area contributed by atoms with Crippen molar-refractivity contribution in [3.63, 3.8) is 0 Å². The third-order valence-corrected chi connectivity index (χ3v) is 6.45. The first kappa shape index (κ1) is 29.7. The Hall–Kier alpha value is -3.82. The Morgan fingerprint density at radius 1 is 1.00 bits per heavy atom. The van der Waals surface area contributed by atoms with Gasteiger partial charge in [0.05, 0.1) is 5.69 Å². The van der Waals surface area contributed by atoms with Gasteiger partial charge in [-0.3, -0.25) is 9.78 Å². The number of aromatic nitrogens is 1. The average molecular weight is 554 g/mol. The maximum Gasteiger partial charge on any atom is 0.319 e. The number of benzene rings is 2. The van der Waals surface area contributed by atoms with E-state index in [2.05, 4.69) is 20.9 Å². The number of ether oxygens (including phenoxy) is 2. The minimum atomic E-state index is -0.365. The molecule has 10 heteroatoms. The van der Waals surface area contributed by atoms with E-state index in [0.29, 0.717) is 66.4 Å². The first-order valence-electron chi connectivity index (χ1n) is 12.9. The zero-order valence-electron chi connectivity index (χ0n) is 23.1. The molecule has 0 aliphatic carbocycles. The molecule has 0 spiro atoms. The molecule has 0 fully saturated rings. The number of aryl methyl sites for hydroxylation is 2. The summed E-state index contributed by atoms with van der Waals surface area (Å²) >= 11 is 6.25. The van der Waals surface area contributed by atoms with Gasteiger partial charge in [-0.1, -0.05) is 23.7 Å². The van der Waals surface area contributed by atoms with Crippen molar-refractivity contribution in [1.29, 1.82) is 0 Å². The van der Waals surface area contributed by atoms with Crippen LogP contribution in [0.25, 0.3) is 0 Å². The largest absolute Gasteiger partial charge is 0.490 e. The maximum atomic E-state index is 12.7. The molecule has 3 N–H and O–H groups in total. The summed E-state index contributed by atoms with van der Waals surface area (Å²) in [6.07, 6.45) is 1.57. The number of amides is 3. The van der Waals surface area contributed by atoms with Crippen LogP contribution in [0.2, 0.25) is 5.02 Å². The molecule has 0 bridgehead atoms. The number of halogens is 1. The van der Waals surface area contributed by atoms with Crippen LogP contribution in [-0.4, -0.2) is 55.1 Å². The molecular weight excluding hydrogens is 518 g/mol. The number of urea groups is 1. The predicted molar refractivity (Wildman–Crippen MR) is 154 cm³/mol. The predicted octanol–water partition coefficient (Wildman–Crippen LogP) is 5.55. The van der Waals surface area contributed by atoms with Crippen molar-refractivity contribution >= 4 is 29.2 Å². The number of nitrogens with zero attached hydrogens (tertiary/aromatic N) is 2. The SMILES string of the molecule is CCN(CC)C(=O)c1cc(Oc2ccc(CNC(=O)Nc3cc(C)c(Cl)cc3OCCNC)cc2C)ccn1. The molecule has 1 aromatic heterocycles. The lowest BCUT2D eigenvalue weighted by Gasteiger charge is -2.18. The Labute approximate surface area is 234 Å². The molecule has 0 aliphatic heterocycles. The van der Waals surface area contributed by atoms with E-state index in [0.717, 1.165) is 16.7 Å². The summed E-state index contributed by atoms with van der Waals surface area (Å²) in [6, 6.07) is 12.1. The summed E-state index contributed by atoms with van der Waals surface area (Å²) in [6.45, 7) is 10.3. The summed E-state index contributed by atoms with van der Waals surface area (Å²) in [5.74, 6) is 1.55. The van der Waals surface area contributed by atoms with Gasteiger partial charge in [-0.05, 0) is 69.6 Å². The van der Waals surface area contributed by atoms with Crippen LogP contribution in [-0.2, 0) is 6.54 Å². The van der Waals surface area contributed by atoms with Crippen LogP contribution in [0, 0.1) is 13.8 Å². The number of anilines is 1. The lowest BCUT2D eigenvalue weighted by Crippen LogP contribution is -2.31. The van der Waals surface area contributed by atoms with Crippen molar-refractivity contribution in [3.8, 4) is 17.2 Å². The Morgan fingerprint density at radius 2 is 1.77 bits per heavy atom. The maximum absolute atomic E-state index is 12.7. The minimum Gasteiger partial charge on any atom is -0.490 e. The van der Waals surface area contributed by atoms with E-state index < -0.39 is 0 Å². The van der Waals surface area contributed by atoms with Crippen molar-refractivity contribution in [1.82, 2.24) is 20.5 Å². The number of carbonyl (C=O) groups is 2. The molecule has 1 heterocycles. The standard InChI is InChI=1S/C29H36ClN5O4/c1-6-35(7-2)28(36)25-16-22(10-11-32-25)39-26-9-8-21(14-20(26)4)18-33-29(37)34-24-15-19(3)23(30)17-27(24)38-13-12-31-5/h8-11,14-17,31H,6-7,12-13,18H2,1-5H3,(H2,33,34,37). The van der Waals surface area contributed by atoms with Gasteiger partial charge in [-0.2, -0.15) is 0 Å². The molecular formula is C29H36ClN5O4. The molecule has 0 saturated carbocycles. The average Bonchev–Trinajstić information content (AvgIpc) is 2.92. The third kappa shape index (κ3) is 8.33. The third-order valence-electron chi connectivity index (χ3n) is 6.04. The van der Waals surface area contributed by atoms with Gasteiger partial charge in [-0.15, -0.1) is 0 Å². The van der Waals surface area contributed by atoms with Gasteiger partial charge >= 0.3 is 6.03 Å². The molecule has 3 amide bonds. The summed E-state index contributed by atoms with van der Waals surface area (Å²) < 4.78 is 11.8. The number of hydrogen-bond acceptors (Lipinski definition) is 6. The van der Waals surface area contributed by atoms with Crippen molar-refractivity contribution in [3.05, 3.63) is 76.1 Å². The fourth-order valence-corrected chi connectivity index (χ4v) is 3.97. The fraction of sp³-hybridized carbons (Fsp3) is 0.345. The van der Waals surface area contributed by atoms with Crippen molar-refractivity contribution < 1.29 is 19.1 Å². The number of hydrogen-bond donors (Lipinski definition) is 3. The highest BCUT2D eigenvalue weighted by atomic mass is 35.5. The second-order valence-corrected chi connectivity index (χ2v) is 9.32. The van der Waals surface area contributed by atoms with Crippen molar-refractivity contribution in [2.45, 2.75) is 34.2 Å². The van der Waals surface area contributed by atoms with Crippen molar-refractivity contribution in [2.24, 2.45) is 0 Å². The van der Waals surface area contributed by atoms with Crippen LogP contribution in [0.5, 0.6) is 17.2 Å². The van der Waals surface area contributed by atoms with Crippen molar-refractivity contribution in [2.75, 3.05) is 38.6 Å². The van der Waals surface area contributed by atoms with Crippen LogP contribution >= 0.6 is 11.6 Å². The summed E-state index contributed by atoms with van der Waals surface area (Å²) in [7, 11) is 1.84. The summed E-state index contributed by atoms with van der Waals surface area (Å²) in [4.78, 5) is 31.2. The molecule has 3 aromatic rings. The van der Waals surface area contributed by atoms with Gasteiger partial charge in [0, 0.05) is 49.5 Å². The molecule has 208 valence electrons. The number of likely N-dealkylation sites (N-methyl/N-ethyl adjacent to an activating group) is 1. The number of carbonyl (C=O) groups excluding carboxylic acids is 2. The number of pyridine rings is 1. The highest BCUT2D eigenvalue weighted by molar-refractivity contribution is 6.31. The number of rotatable bonds is 12. The zero-order chi connectivity index (χ0) is 28.4. The molecule has 0 unspecified atom stereocenters. The zero-order valence-corrected chi connectivity index (χ0v) is 23.8. The molecule has 9 nitrogen and oxygen atoms in total. The fourth-order valence-electron chi connectivity index (χ4n) is 3.82. The molecule has 2 aromatic carbocycles. The topological polar surface area (TPSA) is 105 Å². The lowest BCUT2D eigenvalue weighted by molar-refractivity contribution is 0.0766. The second-order valence-electron chi connectivity index (χ2n) is 8.91. The van der Waals surface area contributed by atoms with E-state index in [1.165, 1.54) is 0 Å². The van der Waals surface area contributed by atoms with Crippen LogP contribution in [0.1, 0.15) is 41.0 Å². The summed E-state index contributed by atoms with van der Waals surface area (Å²) in [5.41, 5.74) is 3.50. The Bertz CT molecular complexity index is 1300. The minimum absolute atomic E-state index is 0.132. The van der Waals surface area contributed by atoms with Crippen LogP contribution in [0.3, 0.4) is 0 Å². The van der Waals surface area contributed by atoms with E-state index >= 15 is 0 Å². The van der Waals surface area contributed by atoms with E-state index in [4.69, 9.17) is 21.1 Å². The molecule has 39 heavy (non-hydrogen) atoms. The van der Waals surface area contributed by atoms with Crippen LogP contribution in [0.4, 0.5) is 10.5 Å². The lowest BCUT2D eigenvalue weighted by atomic mass is 10.1. The molecule has 0 atom stereocenters. The molecule has 0 radical (unpaired) electrons. The monoisotopic (exact) mass is 553 g/mol. The molecule has 3 rings (SSSR count). The molecule has 0 saturated heterocycles.